The van der Waals surface area contributed by atoms with Crippen LogP contribution in [0, 0.1) is 6.92 Å². The van der Waals surface area contributed by atoms with Gasteiger partial charge in [-0.1, -0.05) is 29.8 Å². The van der Waals surface area contributed by atoms with Crippen LogP contribution in [0.25, 0.3) is 0 Å². The van der Waals surface area contributed by atoms with Crippen molar-refractivity contribution in [3.05, 3.63) is 70.8 Å². The molecular formula is C20H19N3O4. The Morgan fingerprint density at radius 2 is 1.48 bits per heavy atom. The van der Waals surface area contributed by atoms with Gasteiger partial charge >= 0.3 is 0 Å². The zero-order chi connectivity index (χ0) is 19.4. The normalized spacial score (nSPS) is 12.7. The van der Waals surface area contributed by atoms with Gasteiger partial charge in [0.2, 0.25) is 5.91 Å². The number of benzene rings is 2. The first-order valence-corrected chi connectivity index (χ1v) is 8.58. The summed E-state index contributed by atoms with van der Waals surface area (Å²) in [6.07, 6.45) is 0.374. The topological polar surface area (TPSA) is 95.6 Å². The minimum Gasteiger partial charge on any atom is -0.274 e. The molecule has 27 heavy (non-hydrogen) atoms. The van der Waals surface area contributed by atoms with Gasteiger partial charge < -0.3 is 0 Å². The third kappa shape index (κ3) is 4.03. The Morgan fingerprint density at radius 1 is 0.889 bits per heavy atom. The lowest BCUT2D eigenvalue weighted by atomic mass is 10.1. The van der Waals surface area contributed by atoms with Gasteiger partial charge in [-0.2, -0.15) is 0 Å². The zero-order valence-corrected chi connectivity index (χ0v) is 14.8. The molecule has 7 heteroatoms. The number of carbonyl (C=O) groups excluding carboxylic acids is 4. The van der Waals surface area contributed by atoms with Gasteiger partial charge in [-0.05, 0) is 37.6 Å². The quantitative estimate of drug-likeness (QED) is 0.624. The third-order valence-corrected chi connectivity index (χ3v) is 4.29. The Balaban J connectivity index is 1.44. The fourth-order valence-electron chi connectivity index (χ4n) is 2.81. The molecule has 0 unspecified atom stereocenters. The fraction of sp³-hybridized carbons (Fsp3) is 0.200. The van der Waals surface area contributed by atoms with Crippen LogP contribution in [-0.4, -0.2) is 35.1 Å². The van der Waals surface area contributed by atoms with E-state index in [9.17, 15) is 19.2 Å². The van der Waals surface area contributed by atoms with Crippen molar-refractivity contribution in [3.8, 4) is 0 Å². The maximum absolute atomic E-state index is 12.2. The fourth-order valence-corrected chi connectivity index (χ4v) is 2.81. The molecule has 0 spiro atoms. The smallest absolute Gasteiger partial charge is 0.269 e. The van der Waals surface area contributed by atoms with Crippen molar-refractivity contribution in [1.29, 1.82) is 0 Å². The van der Waals surface area contributed by atoms with E-state index >= 15 is 0 Å². The first-order valence-electron chi connectivity index (χ1n) is 8.58. The van der Waals surface area contributed by atoms with Gasteiger partial charge in [0.1, 0.15) is 0 Å². The molecular weight excluding hydrogens is 346 g/mol. The predicted molar refractivity (Wildman–Crippen MR) is 97.8 cm³/mol. The van der Waals surface area contributed by atoms with Crippen molar-refractivity contribution in [3.63, 3.8) is 0 Å². The van der Waals surface area contributed by atoms with Gasteiger partial charge in [0.25, 0.3) is 17.7 Å². The largest absolute Gasteiger partial charge is 0.274 e. The average Bonchev–Trinajstić information content (AvgIpc) is 2.92. The molecule has 2 aromatic rings. The van der Waals surface area contributed by atoms with E-state index in [-0.39, 0.29) is 24.8 Å². The SMILES string of the molecule is Cc1ccc(C(=O)NNC(=O)CCCN2C(=O)c3ccccc3C2=O)cc1. The Hall–Kier alpha value is -3.48. The Labute approximate surface area is 156 Å². The lowest BCUT2D eigenvalue weighted by molar-refractivity contribution is -0.122. The summed E-state index contributed by atoms with van der Waals surface area (Å²) in [4.78, 5) is 49.4. The monoisotopic (exact) mass is 365 g/mol. The maximum atomic E-state index is 12.2. The number of hydrazine groups is 1. The number of carbonyl (C=O) groups is 4. The van der Waals surface area contributed by atoms with Crippen LogP contribution in [-0.2, 0) is 4.79 Å². The van der Waals surface area contributed by atoms with E-state index in [2.05, 4.69) is 10.9 Å². The highest BCUT2D eigenvalue weighted by molar-refractivity contribution is 6.21. The molecule has 2 aromatic carbocycles. The van der Waals surface area contributed by atoms with Crippen molar-refractivity contribution in [1.82, 2.24) is 15.8 Å². The first kappa shape index (κ1) is 18.3. The molecule has 0 saturated heterocycles. The van der Waals surface area contributed by atoms with Gasteiger partial charge in [-0.25, -0.2) is 0 Å². The van der Waals surface area contributed by atoms with Crippen molar-refractivity contribution in [2.75, 3.05) is 6.54 Å². The van der Waals surface area contributed by atoms with E-state index in [0.717, 1.165) is 10.5 Å². The van der Waals surface area contributed by atoms with Gasteiger partial charge in [0.05, 0.1) is 11.1 Å². The van der Waals surface area contributed by atoms with E-state index in [1.54, 1.807) is 48.5 Å². The standard InChI is InChI=1S/C20H19N3O4/c1-13-8-10-14(11-9-13)18(25)22-21-17(24)7-4-12-23-19(26)15-5-2-3-6-16(15)20(23)27/h2-3,5-6,8-11H,4,7,12H2,1H3,(H,21,24)(H,22,25). The lowest BCUT2D eigenvalue weighted by Gasteiger charge is -2.13. The van der Waals surface area contributed by atoms with E-state index in [4.69, 9.17) is 0 Å². The van der Waals surface area contributed by atoms with Gasteiger partial charge in [-0.3, -0.25) is 34.9 Å². The van der Waals surface area contributed by atoms with Crippen LogP contribution in [0.1, 0.15) is 49.5 Å². The molecule has 3 rings (SSSR count). The number of fused-ring (bicyclic) bond motifs is 1. The highest BCUT2D eigenvalue weighted by Gasteiger charge is 2.34. The Kier molecular flexibility index (Phi) is 5.30. The molecule has 0 aliphatic carbocycles. The van der Waals surface area contributed by atoms with Crippen molar-refractivity contribution >= 4 is 23.6 Å². The van der Waals surface area contributed by atoms with E-state index in [1.807, 2.05) is 6.92 Å². The minimum atomic E-state index is -0.413. The molecule has 0 saturated carbocycles. The van der Waals surface area contributed by atoms with Gasteiger partial charge in [0.15, 0.2) is 0 Å². The second kappa shape index (κ2) is 7.82. The number of nitrogens with one attached hydrogen (secondary N) is 2. The van der Waals surface area contributed by atoms with Crippen LogP contribution in [0.3, 0.4) is 0 Å². The Morgan fingerprint density at radius 3 is 2.07 bits per heavy atom. The molecule has 7 nitrogen and oxygen atoms in total. The van der Waals surface area contributed by atoms with Crippen LogP contribution in [0.2, 0.25) is 0 Å². The first-order chi connectivity index (χ1) is 13.0. The van der Waals surface area contributed by atoms with Crippen LogP contribution in [0.15, 0.2) is 48.5 Å². The summed E-state index contributed by atoms with van der Waals surface area (Å²) in [5.41, 5.74) is 6.92. The molecule has 0 radical (unpaired) electrons. The third-order valence-electron chi connectivity index (χ3n) is 4.29. The minimum absolute atomic E-state index is 0.0710. The summed E-state index contributed by atoms with van der Waals surface area (Å²) in [7, 11) is 0. The number of amides is 4. The molecule has 4 amide bonds. The molecule has 0 bridgehead atoms. The van der Waals surface area contributed by atoms with Crippen LogP contribution in [0.5, 0.6) is 0 Å². The summed E-state index contributed by atoms with van der Waals surface area (Å²) in [6.45, 7) is 2.06. The van der Waals surface area contributed by atoms with Crippen molar-refractivity contribution in [2.45, 2.75) is 19.8 Å². The Bertz CT molecular complexity index is 871. The molecule has 2 N–H and O–H groups in total. The van der Waals surface area contributed by atoms with Crippen LogP contribution < -0.4 is 10.9 Å². The van der Waals surface area contributed by atoms with Crippen molar-refractivity contribution < 1.29 is 19.2 Å². The van der Waals surface area contributed by atoms with Crippen molar-refractivity contribution in [2.24, 2.45) is 0 Å². The second-order valence-corrected chi connectivity index (χ2v) is 6.28. The molecule has 138 valence electrons. The number of aryl methyl sites for hydroxylation is 1. The summed E-state index contributed by atoms with van der Waals surface area (Å²) in [6, 6.07) is 13.6. The van der Waals surface area contributed by atoms with Gasteiger partial charge in [-0.15, -0.1) is 0 Å². The number of nitrogens with zero attached hydrogens (tertiary/aromatic N) is 1. The predicted octanol–water partition coefficient (Wildman–Crippen LogP) is 1.83. The van der Waals surface area contributed by atoms with Crippen LogP contribution >= 0.6 is 0 Å². The molecule has 1 aliphatic heterocycles. The second-order valence-electron chi connectivity index (χ2n) is 6.28. The number of rotatable bonds is 5. The van der Waals surface area contributed by atoms with Gasteiger partial charge in [0, 0.05) is 18.5 Å². The molecule has 0 fully saturated rings. The molecule has 0 atom stereocenters. The van der Waals surface area contributed by atoms with E-state index in [1.165, 1.54) is 0 Å². The van der Waals surface area contributed by atoms with E-state index < -0.39 is 11.8 Å². The average molecular weight is 365 g/mol. The maximum Gasteiger partial charge on any atom is 0.269 e. The summed E-state index contributed by atoms with van der Waals surface area (Å²) < 4.78 is 0. The molecule has 0 aromatic heterocycles. The van der Waals surface area contributed by atoms with E-state index in [0.29, 0.717) is 23.1 Å². The summed E-state index contributed by atoms with van der Waals surface area (Å²) in [5.74, 6) is -1.50. The molecule has 1 aliphatic rings. The number of imide groups is 1. The lowest BCUT2D eigenvalue weighted by Crippen LogP contribution is -2.42. The highest BCUT2D eigenvalue weighted by Crippen LogP contribution is 2.22. The molecule has 1 heterocycles. The number of hydrogen-bond donors (Lipinski definition) is 2. The summed E-state index contributed by atoms with van der Waals surface area (Å²) >= 11 is 0. The summed E-state index contributed by atoms with van der Waals surface area (Å²) in [5, 5.41) is 0. The highest BCUT2D eigenvalue weighted by atomic mass is 16.2. The van der Waals surface area contributed by atoms with Crippen LogP contribution in [0.4, 0.5) is 0 Å². The number of hydrogen-bond acceptors (Lipinski definition) is 4. The zero-order valence-electron chi connectivity index (χ0n) is 14.8.